The summed E-state index contributed by atoms with van der Waals surface area (Å²) in [5.74, 6) is -0.849. The zero-order valence-corrected chi connectivity index (χ0v) is 12.4. The van der Waals surface area contributed by atoms with Crippen LogP contribution in [0.5, 0.6) is 0 Å². The van der Waals surface area contributed by atoms with Gasteiger partial charge in [0.05, 0.1) is 0 Å². The molecule has 3 heteroatoms. The van der Waals surface area contributed by atoms with E-state index in [1.165, 1.54) is 16.9 Å². The highest BCUT2D eigenvalue weighted by molar-refractivity contribution is 7.20. The van der Waals surface area contributed by atoms with Crippen molar-refractivity contribution in [3.05, 3.63) is 34.7 Å². The van der Waals surface area contributed by atoms with Crippen LogP contribution in [0.3, 0.4) is 0 Å². The van der Waals surface area contributed by atoms with E-state index in [0.29, 0.717) is 4.88 Å². The van der Waals surface area contributed by atoms with Gasteiger partial charge in [0.2, 0.25) is 0 Å². The molecule has 0 amide bonds. The van der Waals surface area contributed by atoms with Crippen LogP contribution in [0.2, 0.25) is 0 Å². The summed E-state index contributed by atoms with van der Waals surface area (Å²) in [7, 11) is 0. The van der Waals surface area contributed by atoms with Crippen molar-refractivity contribution < 1.29 is 9.90 Å². The van der Waals surface area contributed by atoms with Crippen LogP contribution < -0.4 is 0 Å². The Kier molecular flexibility index (Phi) is 4.52. The van der Waals surface area contributed by atoms with E-state index in [-0.39, 0.29) is 5.41 Å². The fourth-order valence-corrected chi connectivity index (χ4v) is 2.50. The van der Waals surface area contributed by atoms with E-state index in [1.807, 2.05) is 19.9 Å². The number of carboxylic acids is 1. The van der Waals surface area contributed by atoms with Crippen molar-refractivity contribution in [2.45, 2.75) is 40.0 Å². The lowest BCUT2D eigenvalue weighted by molar-refractivity contribution is 0.0702. The molecule has 0 saturated carbocycles. The van der Waals surface area contributed by atoms with Crippen molar-refractivity contribution in [2.75, 3.05) is 0 Å². The normalized spacial score (nSPS) is 10.9. The fraction of sp³-hybridized carbons (Fsp3) is 0.400. The maximum absolute atomic E-state index is 10.9. The summed E-state index contributed by atoms with van der Waals surface area (Å²) in [5.41, 5.74) is 1.33. The summed E-state index contributed by atoms with van der Waals surface area (Å²) >= 11 is 1.33. The Morgan fingerprint density at radius 3 is 2.28 bits per heavy atom. The molecule has 98 valence electrons. The van der Waals surface area contributed by atoms with Gasteiger partial charge in [-0.3, -0.25) is 0 Å². The predicted octanol–water partition coefficient (Wildman–Crippen LogP) is 4.92. The van der Waals surface area contributed by atoms with Gasteiger partial charge in [-0.25, -0.2) is 4.79 Å². The monoisotopic (exact) mass is 264 g/mol. The van der Waals surface area contributed by atoms with Gasteiger partial charge in [-0.05, 0) is 34.6 Å². The summed E-state index contributed by atoms with van der Waals surface area (Å²) in [6.45, 7) is 10.5. The zero-order chi connectivity index (χ0) is 13.9. The van der Waals surface area contributed by atoms with Gasteiger partial charge in [0, 0.05) is 4.70 Å². The first-order valence-corrected chi connectivity index (χ1v) is 6.97. The van der Waals surface area contributed by atoms with Crippen LogP contribution in [0.4, 0.5) is 0 Å². The highest BCUT2D eigenvalue weighted by Crippen LogP contribution is 2.30. The first kappa shape index (κ1) is 14.7. The van der Waals surface area contributed by atoms with Gasteiger partial charge in [0.25, 0.3) is 0 Å². The molecule has 2 rings (SSSR count). The van der Waals surface area contributed by atoms with Crippen LogP contribution >= 0.6 is 11.3 Å². The van der Waals surface area contributed by atoms with Crippen molar-refractivity contribution >= 4 is 27.4 Å². The molecule has 0 bridgehead atoms. The summed E-state index contributed by atoms with van der Waals surface area (Å²) < 4.78 is 1.03. The number of fused-ring (bicyclic) bond motifs is 1. The molecular weight excluding hydrogens is 244 g/mol. The molecule has 1 aromatic carbocycles. The van der Waals surface area contributed by atoms with Gasteiger partial charge in [-0.2, -0.15) is 0 Å². The number of hydrogen-bond donors (Lipinski definition) is 1. The highest BCUT2D eigenvalue weighted by Gasteiger charge is 2.15. The molecule has 2 aromatic rings. The third kappa shape index (κ3) is 3.10. The smallest absolute Gasteiger partial charge is 0.345 e. The van der Waals surface area contributed by atoms with E-state index >= 15 is 0 Å². The zero-order valence-electron chi connectivity index (χ0n) is 11.6. The second-order valence-corrected chi connectivity index (χ2v) is 6.00. The number of rotatable bonds is 1. The molecule has 18 heavy (non-hydrogen) atoms. The van der Waals surface area contributed by atoms with E-state index in [9.17, 15) is 4.79 Å². The van der Waals surface area contributed by atoms with E-state index in [2.05, 4.69) is 32.9 Å². The maximum Gasteiger partial charge on any atom is 0.345 e. The molecule has 0 atom stereocenters. The molecular formula is C15H20O2S. The molecule has 0 aliphatic rings. The Bertz CT molecular complexity index is 547. The van der Waals surface area contributed by atoms with Crippen LogP contribution in [0.25, 0.3) is 10.1 Å². The van der Waals surface area contributed by atoms with E-state index in [4.69, 9.17) is 5.11 Å². The lowest BCUT2D eigenvalue weighted by atomic mass is 9.87. The largest absolute Gasteiger partial charge is 0.477 e. The van der Waals surface area contributed by atoms with Crippen LogP contribution in [-0.4, -0.2) is 11.1 Å². The first-order valence-electron chi connectivity index (χ1n) is 6.15. The molecule has 0 aliphatic heterocycles. The Balaban J connectivity index is 0.000000771. The number of aromatic carboxylic acids is 1. The molecule has 0 aliphatic carbocycles. The third-order valence-electron chi connectivity index (χ3n) is 2.59. The second-order valence-electron chi connectivity index (χ2n) is 4.92. The van der Waals surface area contributed by atoms with Crippen LogP contribution in [-0.2, 0) is 5.41 Å². The highest BCUT2D eigenvalue weighted by atomic mass is 32.1. The van der Waals surface area contributed by atoms with Gasteiger partial charge in [0.1, 0.15) is 4.88 Å². The minimum atomic E-state index is -0.849. The number of benzene rings is 1. The lowest BCUT2D eigenvalue weighted by Gasteiger charge is -2.18. The molecule has 0 spiro atoms. The third-order valence-corrected chi connectivity index (χ3v) is 3.70. The van der Waals surface area contributed by atoms with E-state index < -0.39 is 5.97 Å². The molecule has 1 heterocycles. The molecule has 1 aromatic heterocycles. The van der Waals surface area contributed by atoms with Gasteiger partial charge < -0.3 is 5.11 Å². The second kappa shape index (κ2) is 5.53. The Morgan fingerprint density at radius 2 is 1.78 bits per heavy atom. The number of carbonyl (C=O) groups is 1. The summed E-state index contributed by atoms with van der Waals surface area (Å²) in [5, 5.41) is 9.95. The van der Waals surface area contributed by atoms with Crippen LogP contribution in [0.1, 0.15) is 49.9 Å². The van der Waals surface area contributed by atoms with E-state index in [0.717, 1.165) is 10.1 Å². The minimum absolute atomic E-state index is 0.0967. The Morgan fingerprint density at radius 1 is 1.17 bits per heavy atom. The first-order chi connectivity index (χ1) is 8.38. The lowest BCUT2D eigenvalue weighted by Crippen LogP contribution is -2.10. The summed E-state index contributed by atoms with van der Waals surface area (Å²) in [6, 6.07) is 7.91. The topological polar surface area (TPSA) is 37.3 Å². The van der Waals surface area contributed by atoms with Gasteiger partial charge in [-0.15, -0.1) is 11.3 Å². The summed E-state index contributed by atoms with van der Waals surface area (Å²) in [6.07, 6.45) is 0. The van der Waals surface area contributed by atoms with Crippen molar-refractivity contribution in [3.8, 4) is 0 Å². The maximum atomic E-state index is 10.9. The van der Waals surface area contributed by atoms with Crippen LogP contribution in [0, 0.1) is 0 Å². The van der Waals surface area contributed by atoms with Crippen molar-refractivity contribution in [1.29, 1.82) is 0 Å². The van der Waals surface area contributed by atoms with Crippen molar-refractivity contribution in [3.63, 3.8) is 0 Å². The minimum Gasteiger partial charge on any atom is -0.477 e. The Hall–Kier alpha value is -1.35. The van der Waals surface area contributed by atoms with Crippen LogP contribution in [0.15, 0.2) is 24.3 Å². The predicted molar refractivity (Wildman–Crippen MR) is 78.8 cm³/mol. The molecule has 1 N–H and O–H groups in total. The summed E-state index contributed by atoms with van der Waals surface area (Å²) in [4.78, 5) is 11.3. The van der Waals surface area contributed by atoms with Gasteiger partial charge in [-0.1, -0.05) is 40.7 Å². The molecule has 0 saturated heterocycles. The van der Waals surface area contributed by atoms with E-state index in [1.54, 1.807) is 6.07 Å². The van der Waals surface area contributed by atoms with Crippen molar-refractivity contribution in [2.24, 2.45) is 0 Å². The van der Waals surface area contributed by atoms with Gasteiger partial charge >= 0.3 is 5.97 Å². The quantitative estimate of drug-likeness (QED) is 0.793. The van der Waals surface area contributed by atoms with Gasteiger partial charge in [0.15, 0.2) is 0 Å². The number of hydrogen-bond acceptors (Lipinski definition) is 2. The Labute approximate surface area is 112 Å². The molecule has 0 radical (unpaired) electrons. The number of carboxylic acid groups (broad SMARTS) is 1. The fourth-order valence-electron chi connectivity index (χ4n) is 1.62. The van der Waals surface area contributed by atoms with Crippen molar-refractivity contribution in [1.82, 2.24) is 0 Å². The SMILES string of the molecule is CC.CC(C)(C)c1ccc2sc(C(=O)O)cc2c1. The average Bonchev–Trinajstić information content (AvgIpc) is 2.73. The average molecular weight is 264 g/mol. The standard InChI is InChI=1S/C13H14O2S.C2H6/c1-13(2,3)9-4-5-10-8(6-9)7-11(16-10)12(14)15;1-2/h4-7H,1-3H3,(H,14,15);1-2H3. The molecule has 0 unspecified atom stereocenters. The number of thiophene rings is 1. The molecule has 2 nitrogen and oxygen atoms in total. The molecule has 0 fully saturated rings.